The molecule has 0 aliphatic rings. The second kappa shape index (κ2) is 10.1. The lowest BCUT2D eigenvalue weighted by molar-refractivity contribution is -0.141. The minimum Gasteiger partial charge on any atom is -0.489 e. The van der Waals surface area contributed by atoms with E-state index < -0.39 is 6.04 Å². The van der Waals surface area contributed by atoms with Gasteiger partial charge in [-0.1, -0.05) is 23.4 Å². The number of benzene rings is 1. The Kier molecular flexibility index (Phi) is 7.24. The number of thiophene rings is 1. The van der Waals surface area contributed by atoms with Gasteiger partial charge >= 0.3 is 5.97 Å². The van der Waals surface area contributed by atoms with E-state index >= 15 is 0 Å². The van der Waals surface area contributed by atoms with Crippen molar-refractivity contribution in [2.45, 2.75) is 39.3 Å². The first-order valence-electron chi connectivity index (χ1n) is 9.49. The van der Waals surface area contributed by atoms with Gasteiger partial charge in [-0.25, -0.2) is 0 Å². The van der Waals surface area contributed by atoms with Crippen molar-refractivity contribution >= 4 is 23.2 Å². The van der Waals surface area contributed by atoms with Crippen LogP contribution in [-0.2, 0) is 27.4 Å². The molecule has 0 saturated carbocycles. The Morgan fingerprint density at radius 2 is 1.97 bits per heavy atom. The monoisotopic (exact) mass is 428 g/mol. The number of carbonyl (C=O) groups is 2. The Bertz CT molecular complexity index is 960. The molecule has 0 spiro atoms. The van der Waals surface area contributed by atoms with Crippen LogP contribution in [0.3, 0.4) is 0 Å². The van der Waals surface area contributed by atoms with Gasteiger partial charge in [-0.3, -0.25) is 9.59 Å². The Morgan fingerprint density at radius 1 is 1.20 bits per heavy atom. The molecule has 7 nitrogen and oxygen atoms in total. The molecule has 0 fully saturated rings. The fourth-order valence-electron chi connectivity index (χ4n) is 2.96. The van der Waals surface area contributed by atoms with E-state index in [1.165, 1.54) is 18.4 Å². The topological polar surface area (TPSA) is 90.7 Å². The van der Waals surface area contributed by atoms with Gasteiger partial charge in [0.1, 0.15) is 18.1 Å². The molecule has 2 heterocycles. The lowest BCUT2D eigenvalue weighted by Crippen LogP contribution is -2.31. The third-order valence-electron chi connectivity index (χ3n) is 4.67. The van der Waals surface area contributed by atoms with Crippen LogP contribution < -0.4 is 10.1 Å². The third-order valence-corrected chi connectivity index (χ3v) is 5.66. The van der Waals surface area contributed by atoms with E-state index in [1.807, 2.05) is 55.6 Å². The molecule has 3 aromatic rings. The van der Waals surface area contributed by atoms with Crippen molar-refractivity contribution in [1.82, 2.24) is 10.5 Å². The van der Waals surface area contributed by atoms with Crippen LogP contribution in [0.15, 0.2) is 46.3 Å². The van der Waals surface area contributed by atoms with Crippen LogP contribution in [0.1, 0.15) is 39.9 Å². The summed E-state index contributed by atoms with van der Waals surface area (Å²) in [5, 5.41) is 8.75. The molecule has 1 aromatic carbocycles. The van der Waals surface area contributed by atoms with Gasteiger partial charge < -0.3 is 19.3 Å². The molecular formula is C22H24N2O5S. The molecule has 158 valence electrons. The molecule has 30 heavy (non-hydrogen) atoms. The Morgan fingerprint density at radius 3 is 2.57 bits per heavy atom. The SMILES string of the molecule is COC(=O)CC(NC(=O)Cc1ccc(OCc2c(C)noc2C)cc1)c1cccs1. The van der Waals surface area contributed by atoms with Gasteiger partial charge in [-0.15, -0.1) is 11.3 Å². The highest BCUT2D eigenvalue weighted by Crippen LogP contribution is 2.23. The summed E-state index contributed by atoms with van der Waals surface area (Å²) in [6, 6.07) is 10.7. The molecule has 0 saturated heterocycles. The minimum atomic E-state index is -0.400. The van der Waals surface area contributed by atoms with Crippen molar-refractivity contribution in [2.75, 3.05) is 7.11 Å². The fraction of sp³-hybridized carbons (Fsp3) is 0.318. The van der Waals surface area contributed by atoms with Crippen LogP contribution in [0.5, 0.6) is 5.75 Å². The summed E-state index contributed by atoms with van der Waals surface area (Å²) >= 11 is 1.49. The van der Waals surface area contributed by atoms with Crippen LogP contribution in [0, 0.1) is 13.8 Å². The zero-order chi connectivity index (χ0) is 21.5. The van der Waals surface area contributed by atoms with Gasteiger partial charge in [0.2, 0.25) is 5.91 Å². The average Bonchev–Trinajstić information content (AvgIpc) is 3.37. The van der Waals surface area contributed by atoms with Gasteiger partial charge in [-0.05, 0) is 43.0 Å². The van der Waals surface area contributed by atoms with Gasteiger partial charge in [-0.2, -0.15) is 0 Å². The molecule has 0 aliphatic heterocycles. The molecule has 0 radical (unpaired) electrons. The maximum atomic E-state index is 12.5. The smallest absolute Gasteiger partial charge is 0.307 e. The number of nitrogens with one attached hydrogen (secondary N) is 1. The molecule has 8 heteroatoms. The quantitative estimate of drug-likeness (QED) is 0.520. The van der Waals surface area contributed by atoms with Crippen LogP contribution >= 0.6 is 11.3 Å². The highest BCUT2D eigenvalue weighted by molar-refractivity contribution is 7.10. The second-order valence-electron chi connectivity index (χ2n) is 6.83. The molecule has 1 unspecified atom stereocenters. The van der Waals surface area contributed by atoms with Crippen LogP contribution in [0.2, 0.25) is 0 Å². The Hall–Kier alpha value is -3.13. The number of aryl methyl sites for hydroxylation is 2. The van der Waals surface area contributed by atoms with Crippen LogP contribution in [0.25, 0.3) is 0 Å². The zero-order valence-electron chi connectivity index (χ0n) is 17.1. The maximum absolute atomic E-state index is 12.5. The fourth-order valence-corrected chi connectivity index (χ4v) is 3.74. The second-order valence-corrected chi connectivity index (χ2v) is 7.81. The van der Waals surface area contributed by atoms with E-state index in [4.69, 9.17) is 14.0 Å². The van der Waals surface area contributed by atoms with Gasteiger partial charge in [0.15, 0.2) is 0 Å². The summed E-state index contributed by atoms with van der Waals surface area (Å²) in [6.07, 6.45) is 0.296. The standard InChI is InChI=1S/C22H24N2O5S/c1-14-18(15(2)29-24-14)13-28-17-8-6-16(7-9-17)11-21(25)23-19(12-22(26)27-3)20-5-4-10-30-20/h4-10,19H,11-13H2,1-3H3,(H,23,25). The summed E-state index contributed by atoms with van der Waals surface area (Å²) in [7, 11) is 1.34. The van der Waals surface area contributed by atoms with E-state index in [2.05, 4.69) is 10.5 Å². The molecule has 0 aliphatic carbocycles. The summed E-state index contributed by atoms with van der Waals surface area (Å²) in [5.41, 5.74) is 2.59. The van der Waals surface area contributed by atoms with Crippen molar-refractivity contribution in [2.24, 2.45) is 0 Å². The van der Waals surface area contributed by atoms with E-state index in [1.54, 1.807) is 0 Å². The van der Waals surface area contributed by atoms with Gasteiger partial charge in [0, 0.05) is 4.88 Å². The Balaban J connectivity index is 1.56. The van der Waals surface area contributed by atoms with E-state index in [0.29, 0.717) is 12.4 Å². The Labute approximate surface area is 179 Å². The number of hydrogen-bond acceptors (Lipinski definition) is 7. The number of carbonyl (C=O) groups excluding carboxylic acids is 2. The molecule has 2 aromatic heterocycles. The molecule has 0 bridgehead atoms. The number of aromatic nitrogens is 1. The number of hydrogen-bond donors (Lipinski definition) is 1. The van der Waals surface area contributed by atoms with E-state index in [0.717, 1.165) is 27.5 Å². The summed E-state index contributed by atoms with van der Waals surface area (Å²) in [5.74, 6) is 0.907. The predicted octanol–water partition coefficient (Wildman–Crippen LogP) is 3.90. The first-order chi connectivity index (χ1) is 14.5. The number of ether oxygens (including phenoxy) is 2. The molecule has 1 atom stereocenters. The van der Waals surface area contributed by atoms with Crippen molar-refractivity contribution < 1.29 is 23.6 Å². The highest BCUT2D eigenvalue weighted by atomic mass is 32.1. The normalized spacial score (nSPS) is 11.7. The molecule has 1 amide bonds. The number of amides is 1. The average molecular weight is 429 g/mol. The number of rotatable bonds is 9. The first kappa shape index (κ1) is 21.6. The summed E-state index contributed by atoms with van der Waals surface area (Å²) < 4.78 is 15.7. The lowest BCUT2D eigenvalue weighted by Gasteiger charge is -2.16. The van der Waals surface area contributed by atoms with Crippen molar-refractivity contribution in [3.05, 3.63) is 69.2 Å². The van der Waals surface area contributed by atoms with Crippen molar-refractivity contribution in [3.8, 4) is 5.75 Å². The number of nitrogens with zero attached hydrogens (tertiary/aromatic N) is 1. The number of esters is 1. The van der Waals surface area contributed by atoms with Crippen molar-refractivity contribution in [3.63, 3.8) is 0 Å². The zero-order valence-corrected chi connectivity index (χ0v) is 18.0. The molecule has 3 rings (SSSR count). The summed E-state index contributed by atoms with van der Waals surface area (Å²) in [4.78, 5) is 25.1. The lowest BCUT2D eigenvalue weighted by atomic mass is 10.1. The van der Waals surface area contributed by atoms with Gasteiger partial charge in [0.05, 0.1) is 37.3 Å². The van der Waals surface area contributed by atoms with E-state index in [-0.39, 0.29) is 24.7 Å². The highest BCUT2D eigenvalue weighted by Gasteiger charge is 2.20. The predicted molar refractivity (Wildman–Crippen MR) is 112 cm³/mol. The molecular weight excluding hydrogens is 404 g/mol. The minimum absolute atomic E-state index is 0.0945. The summed E-state index contributed by atoms with van der Waals surface area (Å²) in [6.45, 7) is 4.10. The molecule has 1 N–H and O–H groups in total. The van der Waals surface area contributed by atoms with Crippen molar-refractivity contribution in [1.29, 1.82) is 0 Å². The maximum Gasteiger partial charge on any atom is 0.307 e. The third kappa shape index (κ3) is 5.70. The van der Waals surface area contributed by atoms with Crippen LogP contribution in [0.4, 0.5) is 0 Å². The first-order valence-corrected chi connectivity index (χ1v) is 10.4. The number of methoxy groups -OCH3 is 1. The van der Waals surface area contributed by atoms with Gasteiger partial charge in [0.25, 0.3) is 0 Å². The van der Waals surface area contributed by atoms with E-state index in [9.17, 15) is 9.59 Å². The van der Waals surface area contributed by atoms with Crippen LogP contribution in [-0.4, -0.2) is 24.1 Å². The largest absolute Gasteiger partial charge is 0.489 e.